The highest BCUT2D eigenvalue weighted by Gasteiger charge is 2.38. The number of aliphatic carboxylic acids is 1. The lowest BCUT2D eigenvalue weighted by Gasteiger charge is -2.32. The molecule has 0 spiro atoms. The zero-order valence-electron chi connectivity index (χ0n) is 18.2. The van der Waals surface area contributed by atoms with Gasteiger partial charge in [0.2, 0.25) is 5.91 Å². The van der Waals surface area contributed by atoms with E-state index >= 15 is 0 Å². The lowest BCUT2D eigenvalue weighted by molar-refractivity contribution is -0.192. The Balaban J connectivity index is 0.000000406. The van der Waals surface area contributed by atoms with Gasteiger partial charge in [-0.3, -0.25) is 19.2 Å². The summed E-state index contributed by atoms with van der Waals surface area (Å²) in [6.45, 7) is 4.92. The van der Waals surface area contributed by atoms with Crippen LogP contribution >= 0.6 is 11.3 Å². The van der Waals surface area contributed by atoms with Crippen LogP contribution in [0.25, 0.3) is 0 Å². The van der Waals surface area contributed by atoms with E-state index in [9.17, 15) is 22.8 Å². The number of hydrogen-bond acceptors (Lipinski definition) is 7. The number of likely N-dealkylation sites (tertiary alicyclic amines) is 1. The molecular formula is C20H25F3N6O4S. The van der Waals surface area contributed by atoms with Crippen molar-refractivity contribution in [3.63, 3.8) is 0 Å². The molecule has 4 heterocycles. The van der Waals surface area contributed by atoms with Gasteiger partial charge in [-0.1, -0.05) is 11.3 Å². The molecule has 14 heteroatoms. The lowest BCUT2D eigenvalue weighted by atomic mass is 9.98. The molecule has 0 aromatic carbocycles. The van der Waals surface area contributed by atoms with Crippen molar-refractivity contribution in [1.82, 2.24) is 30.1 Å². The van der Waals surface area contributed by atoms with E-state index in [0.29, 0.717) is 25.6 Å². The summed E-state index contributed by atoms with van der Waals surface area (Å²) >= 11 is 1.50. The molecule has 4 rings (SSSR count). The van der Waals surface area contributed by atoms with Crippen molar-refractivity contribution < 1.29 is 32.7 Å². The highest BCUT2D eigenvalue weighted by atomic mass is 32.1. The second kappa shape index (κ2) is 11.4. The number of halogens is 3. The maximum Gasteiger partial charge on any atom is 0.490 e. The topological polar surface area (TPSA) is 121 Å². The number of carboxylic acid groups (broad SMARTS) is 1. The zero-order chi connectivity index (χ0) is 24.7. The first-order valence-corrected chi connectivity index (χ1v) is 11.5. The number of piperidine rings is 1. The number of carbonyl (C=O) groups excluding carboxylic acids is 2. The second-order valence-corrected chi connectivity index (χ2v) is 8.98. The van der Waals surface area contributed by atoms with Crippen LogP contribution < -0.4 is 5.32 Å². The van der Waals surface area contributed by atoms with E-state index in [-0.39, 0.29) is 11.8 Å². The summed E-state index contributed by atoms with van der Waals surface area (Å²) in [4.78, 5) is 37.8. The van der Waals surface area contributed by atoms with Gasteiger partial charge in [-0.05, 0) is 30.2 Å². The molecule has 0 aliphatic carbocycles. The third-order valence-corrected chi connectivity index (χ3v) is 6.17. The molecule has 2 amide bonds. The lowest BCUT2D eigenvalue weighted by Crippen LogP contribution is -2.47. The van der Waals surface area contributed by atoms with Gasteiger partial charge in [-0.25, -0.2) is 4.79 Å². The Morgan fingerprint density at radius 2 is 2.06 bits per heavy atom. The second-order valence-electron chi connectivity index (χ2n) is 8.03. The molecule has 1 unspecified atom stereocenters. The number of aromatic nitrogens is 3. The molecule has 34 heavy (non-hydrogen) atoms. The molecule has 186 valence electrons. The van der Waals surface area contributed by atoms with Crippen LogP contribution in [0.1, 0.15) is 28.2 Å². The number of piperazine rings is 1. The molecule has 2 aliphatic rings. The summed E-state index contributed by atoms with van der Waals surface area (Å²) in [5, 5.41) is 20.4. The van der Waals surface area contributed by atoms with E-state index in [1.807, 2.05) is 33.3 Å². The number of carboxylic acids is 1. The number of hydrogen-bond donors (Lipinski definition) is 2. The number of amides is 2. The van der Waals surface area contributed by atoms with Crippen molar-refractivity contribution >= 4 is 29.1 Å². The van der Waals surface area contributed by atoms with Crippen LogP contribution in [0.3, 0.4) is 0 Å². The molecule has 2 saturated heterocycles. The van der Waals surface area contributed by atoms with Gasteiger partial charge in [-0.2, -0.15) is 13.2 Å². The van der Waals surface area contributed by atoms with Gasteiger partial charge in [0.15, 0.2) is 0 Å². The highest BCUT2D eigenvalue weighted by Crippen LogP contribution is 2.21. The summed E-state index contributed by atoms with van der Waals surface area (Å²) in [5.74, 6) is -2.17. The van der Waals surface area contributed by atoms with Crippen molar-refractivity contribution in [2.75, 3.05) is 32.7 Å². The Morgan fingerprint density at radius 3 is 2.71 bits per heavy atom. The smallest absolute Gasteiger partial charge is 0.475 e. The Labute approximate surface area is 197 Å². The zero-order valence-corrected chi connectivity index (χ0v) is 19.0. The van der Waals surface area contributed by atoms with Crippen molar-refractivity contribution in [3.05, 3.63) is 34.3 Å². The number of nitrogens with one attached hydrogen (secondary N) is 1. The van der Waals surface area contributed by atoms with Crippen LogP contribution in [-0.4, -0.2) is 86.6 Å². The van der Waals surface area contributed by atoms with E-state index < -0.39 is 12.1 Å². The molecule has 2 aromatic rings. The summed E-state index contributed by atoms with van der Waals surface area (Å²) < 4.78 is 33.6. The number of alkyl halides is 3. The van der Waals surface area contributed by atoms with E-state index in [0.717, 1.165) is 49.6 Å². The van der Waals surface area contributed by atoms with E-state index in [1.165, 1.54) is 11.3 Å². The average molecular weight is 503 g/mol. The number of carbonyl (C=O) groups is 3. The molecule has 0 bridgehead atoms. The van der Waals surface area contributed by atoms with Crippen molar-refractivity contribution in [3.8, 4) is 0 Å². The summed E-state index contributed by atoms with van der Waals surface area (Å²) in [7, 11) is 0. The van der Waals surface area contributed by atoms with Crippen LogP contribution in [0.5, 0.6) is 0 Å². The van der Waals surface area contributed by atoms with Gasteiger partial charge >= 0.3 is 12.1 Å². The first kappa shape index (κ1) is 25.6. The Hall–Kier alpha value is -3.00. The molecule has 0 radical (unpaired) electrons. The molecule has 0 saturated carbocycles. The van der Waals surface area contributed by atoms with E-state index in [4.69, 9.17) is 9.90 Å². The van der Waals surface area contributed by atoms with Crippen LogP contribution in [0.4, 0.5) is 13.2 Å². The van der Waals surface area contributed by atoms with Gasteiger partial charge in [-0.15, -0.1) is 16.4 Å². The van der Waals surface area contributed by atoms with Gasteiger partial charge in [0.25, 0.3) is 5.91 Å². The molecule has 2 N–H and O–H groups in total. The molecule has 2 aromatic heterocycles. The predicted molar refractivity (Wildman–Crippen MR) is 115 cm³/mol. The van der Waals surface area contributed by atoms with Crippen LogP contribution in [-0.2, 0) is 22.7 Å². The largest absolute Gasteiger partial charge is 0.490 e. The van der Waals surface area contributed by atoms with Crippen LogP contribution in [0, 0.1) is 5.92 Å². The first-order valence-electron chi connectivity index (χ1n) is 10.6. The third kappa shape index (κ3) is 7.52. The maximum absolute atomic E-state index is 12.6. The number of thiophene rings is 1. The predicted octanol–water partition coefficient (Wildman–Crippen LogP) is 1.46. The summed E-state index contributed by atoms with van der Waals surface area (Å²) in [6, 6.07) is 3.81. The van der Waals surface area contributed by atoms with Crippen molar-refractivity contribution in [2.24, 2.45) is 5.92 Å². The van der Waals surface area contributed by atoms with Crippen molar-refractivity contribution in [2.45, 2.75) is 32.1 Å². The van der Waals surface area contributed by atoms with Gasteiger partial charge in [0.1, 0.15) is 0 Å². The molecule has 10 nitrogen and oxygen atoms in total. The maximum atomic E-state index is 12.6. The average Bonchev–Trinajstić information content (AvgIpc) is 3.46. The fourth-order valence-electron chi connectivity index (χ4n) is 3.77. The fraction of sp³-hybridized carbons (Fsp3) is 0.550. The molecule has 2 fully saturated rings. The minimum absolute atomic E-state index is 0.0614. The van der Waals surface area contributed by atoms with Crippen LogP contribution in [0.2, 0.25) is 0 Å². The standard InChI is InChI=1S/C18H24N6O2S.C2HF3O2/c25-17-13-22(7-5-19-17)11-15-12-24(21-20-15)10-14-3-1-6-23(9-14)18(26)16-4-2-8-27-16;3-2(4,5)1(6)7/h2,4,8,12,14H,1,3,5-7,9-11,13H2,(H,19,25);(H,6,7). The first-order chi connectivity index (χ1) is 16.1. The SMILES string of the molecule is O=C(O)C(F)(F)F.O=C1CN(Cc2cn(CC3CCCN(C(=O)c4cccs4)C3)nn2)CCN1. The minimum atomic E-state index is -5.08. The quantitative estimate of drug-likeness (QED) is 0.635. The van der Waals surface area contributed by atoms with E-state index in [2.05, 4.69) is 20.5 Å². The molecular weight excluding hydrogens is 477 g/mol. The summed E-state index contributed by atoms with van der Waals surface area (Å²) in [6.07, 6.45) is -1.01. The molecule has 2 aliphatic heterocycles. The minimum Gasteiger partial charge on any atom is -0.475 e. The van der Waals surface area contributed by atoms with Crippen molar-refractivity contribution in [1.29, 1.82) is 0 Å². The normalized spacial score (nSPS) is 19.2. The third-order valence-electron chi connectivity index (χ3n) is 5.32. The number of nitrogens with zero attached hydrogens (tertiary/aromatic N) is 5. The van der Waals surface area contributed by atoms with Gasteiger partial charge in [0, 0.05) is 45.5 Å². The molecule has 1 atom stereocenters. The fourth-order valence-corrected chi connectivity index (χ4v) is 4.47. The van der Waals surface area contributed by atoms with E-state index in [1.54, 1.807) is 0 Å². The van der Waals surface area contributed by atoms with Crippen LogP contribution in [0.15, 0.2) is 23.7 Å². The monoisotopic (exact) mass is 502 g/mol. The van der Waals surface area contributed by atoms with Gasteiger partial charge in [0.05, 0.1) is 17.1 Å². The Kier molecular flexibility index (Phi) is 8.61. The Morgan fingerprint density at radius 1 is 1.29 bits per heavy atom. The summed E-state index contributed by atoms with van der Waals surface area (Å²) in [5.41, 5.74) is 0.882. The Bertz CT molecular complexity index is 981. The van der Waals surface area contributed by atoms with Gasteiger partial charge < -0.3 is 15.3 Å². The number of rotatable bonds is 5. The highest BCUT2D eigenvalue weighted by molar-refractivity contribution is 7.12.